The monoisotopic (exact) mass is 400 g/mol. The quantitative estimate of drug-likeness (QED) is 0.601. The molecule has 3 rings (SSSR count). The van der Waals surface area contributed by atoms with Crippen LogP contribution < -0.4 is 4.74 Å². The van der Waals surface area contributed by atoms with Crippen molar-refractivity contribution in [1.82, 2.24) is 19.7 Å². The zero-order valence-electron chi connectivity index (χ0n) is 16.8. The van der Waals surface area contributed by atoms with E-state index < -0.39 is 5.41 Å². The minimum atomic E-state index is -0.730. The molecule has 2 aromatic rings. The second-order valence-electron chi connectivity index (χ2n) is 7.24. The Morgan fingerprint density at radius 3 is 2.79 bits per heavy atom. The van der Waals surface area contributed by atoms with Crippen molar-refractivity contribution in [3.63, 3.8) is 0 Å². The minimum absolute atomic E-state index is 0.0119. The van der Waals surface area contributed by atoms with E-state index in [1.54, 1.807) is 22.8 Å². The Balaban J connectivity index is 1.62. The van der Waals surface area contributed by atoms with E-state index in [9.17, 15) is 9.59 Å². The first-order chi connectivity index (χ1) is 14.1. The first kappa shape index (κ1) is 20.8. The third kappa shape index (κ3) is 5.56. The average molecular weight is 400 g/mol. The van der Waals surface area contributed by atoms with E-state index in [-0.39, 0.29) is 11.9 Å². The van der Waals surface area contributed by atoms with Gasteiger partial charge in [0.25, 0.3) is 0 Å². The average Bonchev–Trinajstić information content (AvgIpc) is 3.27. The van der Waals surface area contributed by atoms with Crippen LogP contribution in [0.1, 0.15) is 32.6 Å². The van der Waals surface area contributed by atoms with Gasteiger partial charge in [-0.15, -0.1) is 0 Å². The van der Waals surface area contributed by atoms with E-state index in [1.165, 1.54) is 6.33 Å². The molecule has 8 nitrogen and oxygen atoms in total. The zero-order valence-corrected chi connectivity index (χ0v) is 16.8. The van der Waals surface area contributed by atoms with Gasteiger partial charge in [-0.05, 0) is 38.3 Å². The van der Waals surface area contributed by atoms with Crippen molar-refractivity contribution < 1.29 is 19.1 Å². The van der Waals surface area contributed by atoms with Gasteiger partial charge in [0.2, 0.25) is 5.91 Å². The fourth-order valence-electron chi connectivity index (χ4n) is 3.70. The Kier molecular flexibility index (Phi) is 7.21. The number of esters is 1. The number of ether oxygens (including phenoxy) is 2. The van der Waals surface area contributed by atoms with Crippen molar-refractivity contribution >= 4 is 11.9 Å². The van der Waals surface area contributed by atoms with Gasteiger partial charge in [0, 0.05) is 19.5 Å². The third-order valence-corrected chi connectivity index (χ3v) is 5.25. The standard InChI is InChI=1S/C21H28N4O4/c1-2-28-20(27)21(11-14-29-18-7-4-3-5-8-18)10-6-12-24(15-21)19(26)9-13-25-17-22-16-23-25/h3-5,7-8,16-17H,2,6,9-15H2,1H3. The maximum absolute atomic E-state index is 12.8. The Bertz CT molecular complexity index is 781. The summed E-state index contributed by atoms with van der Waals surface area (Å²) in [6, 6.07) is 9.52. The lowest BCUT2D eigenvalue weighted by Gasteiger charge is -2.41. The van der Waals surface area contributed by atoms with E-state index in [2.05, 4.69) is 10.1 Å². The molecule has 0 saturated carbocycles. The number of likely N-dealkylation sites (tertiary alicyclic amines) is 1. The Hall–Kier alpha value is -2.90. The van der Waals surface area contributed by atoms with Crippen LogP contribution in [-0.4, -0.2) is 57.8 Å². The number of rotatable bonds is 9. The number of para-hydroxylation sites is 1. The number of amides is 1. The number of benzene rings is 1. The minimum Gasteiger partial charge on any atom is -0.494 e. The van der Waals surface area contributed by atoms with Gasteiger partial charge in [0.05, 0.1) is 25.2 Å². The molecule has 1 fully saturated rings. The summed E-state index contributed by atoms with van der Waals surface area (Å²) >= 11 is 0. The number of piperidine rings is 1. The fourth-order valence-corrected chi connectivity index (χ4v) is 3.70. The Morgan fingerprint density at radius 1 is 1.24 bits per heavy atom. The molecular formula is C21H28N4O4. The van der Waals surface area contributed by atoms with Crippen molar-refractivity contribution in [2.24, 2.45) is 5.41 Å². The molecule has 8 heteroatoms. The smallest absolute Gasteiger partial charge is 0.314 e. The predicted molar refractivity (Wildman–Crippen MR) is 106 cm³/mol. The molecular weight excluding hydrogens is 372 g/mol. The predicted octanol–water partition coefficient (Wildman–Crippen LogP) is 2.31. The number of carbonyl (C=O) groups excluding carboxylic acids is 2. The molecule has 0 radical (unpaired) electrons. The maximum Gasteiger partial charge on any atom is 0.314 e. The first-order valence-corrected chi connectivity index (χ1v) is 10.1. The van der Waals surface area contributed by atoms with Crippen LogP contribution in [0.15, 0.2) is 43.0 Å². The molecule has 1 atom stereocenters. The summed E-state index contributed by atoms with van der Waals surface area (Å²) in [5.74, 6) is 0.534. The zero-order chi connectivity index (χ0) is 20.5. The summed E-state index contributed by atoms with van der Waals surface area (Å²) in [7, 11) is 0. The van der Waals surface area contributed by atoms with Crippen LogP contribution in [-0.2, 0) is 20.9 Å². The molecule has 0 spiro atoms. The number of carbonyl (C=O) groups is 2. The molecule has 1 unspecified atom stereocenters. The van der Waals surface area contributed by atoms with Gasteiger partial charge < -0.3 is 14.4 Å². The summed E-state index contributed by atoms with van der Waals surface area (Å²) < 4.78 is 12.8. The molecule has 1 amide bonds. The second kappa shape index (κ2) is 10.0. The Labute approximate surface area is 170 Å². The molecule has 1 aliphatic rings. The SMILES string of the molecule is CCOC(=O)C1(CCOc2ccccc2)CCCN(C(=O)CCn2cncn2)C1. The number of hydrogen-bond acceptors (Lipinski definition) is 6. The lowest BCUT2D eigenvalue weighted by molar-refractivity contribution is -0.162. The van der Waals surface area contributed by atoms with Crippen LogP contribution in [0, 0.1) is 5.41 Å². The van der Waals surface area contributed by atoms with E-state index in [0.717, 1.165) is 12.2 Å². The van der Waals surface area contributed by atoms with Crippen LogP contribution in [0.3, 0.4) is 0 Å². The lowest BCUT2D eigenvalue weighted by atomic mass is 9.77. The number of nitrogens with zero attached hydrogens (tertiary/aromatic N) is 4. The van der Waals surface area contributed by atoms with Crippen molar-refractivity contribution in [2.45, 2.75) is 39.2 Å². The molecule has 29 heavy (non-hydrogen) atoms. The van der Waals surface area contributed by atoms with Crippen molar-refractivity contribution in [3.05, 3.63) is 43.0 Å². The third-order valence-electron chi connectivity index (χ3n) is 5.25. The van der Waals surface area contributed by atoms with Crippen molar-refractivity contribution in [2.75, 3.05) is 26.3 Å². The van der Waals surface area contributed by atoms with Gasteiger partial charge in [0.15, 0.2) is 0 Å². The van der Waals surface area contributed by atoms with Crippen molar-refractivity contribution in [1.29, 1.82) is 0 Å². The summed E-state index contributed by atoms with van der Waals surface area (Å²) in [4.78, 5) is 31.2. The van der Waals surface area contributed by atoms with Gasteiger partial charge >= 0.3 is 5.97 Å². The van der Waals surface area contributed by atoms with Crippen LogP contribution in [0.4, 0.5) is 0 Å². The van der Waals surface area contributed by atoms with Crippen molar-refractivity contribution in [3.8, 4) is 5.75 Å². The lowest BCUT2D eigenvalue weighted by Crippen LogP contribution is -2.51. The topological polar surface area (TPSA) is 86.5 Å². The van der Waals surface area contributed by atoms with Gasteiger partial charge in [-0.3, -0.25) is 14.3 Å². The number of hydrogen-bond donors (Lipinski definition) is 0. The highest BCUT2D eigenvalue weighted by Gasteiger charge is 2.44. The van der Waals surface area contributed by atoms with Crippen LogP contribution in [0.5, 0.6) is 5.75 Å². The molecule has 156 valence electrons. The molecule has 1 saturated heterocycles. The van der Waals surface area contributed by atoms with Gasteiger partial charge in [-0.25, -0.2) is 4.98 Å². The number of aryl methyl sites for hydroxylation is 1. The maximum atomic E-state index is 12.8. The van der Waals surface area contributed by atoms with E-state index in [4.69, 9.17) is 9.47 Å². The van der Waals surface area contributed by atoms with Gasteiger partial charge in [-0.1, -0.05) is 18.2 Å². The van der Waals surface area contributed by atoms with Gasteiger partial charge in [0.1, 0.15) is 18.4 Å². The van der Waals surface area contributed by atoms with Crippen LogP contribution >= 0.6 is 0 Å². The molecule has 0 aliphatic carbocycles. The highest BCUT2D eigenvalue weighted by atomic mass is 16.5. The summed E-state index contributed by atoms with van der Waals surface area (Å²) in [6.07, 6.45) is 5.32. The van der Waals surface area contributed by atoms with Crippen LogP contribution in [0.2, 0.25) is 0 Å². The Morgan fingerprint density at radius 2 is 2.07 bits per heavy atom. The summed E-state index contributed by atoms with van der Waals surface area (Å²) in [5.41, 5.74) is -0.730. The normalized spacial score (nSPS) is 19.0. The molecule has 2 heterocycles. The molecule has 1 aromatic heterocycles. The second-order valence-corrected chi connectivity index (χ2v) is 7.24. The summed E-state index contributed by atoms with van der Waals surface area (Å²) in [6.45, 7) is 4.00. The molecule has 0 N–H and O–H groups in total. The number of aromatic nitrogens is 3. The van der Waals surface area contributed by atoms with Crippen LogP contribution in [0.25, 0.3) is 0 Å². The first-order valence-electron chi connectivity index (χ1n) is 10.1. The fraction of sp³-hybridized carbons (Fsp3) is 0.524. The summed E-state index contributed by atoms with van der Waals surface area (Å²) in [5, 5.41) is 4.03. The van der Waals surface area contributed by atoms with Gasteiger partial charge in [-0.2, -0.15) is 5.10 Å². The van der Waals surface area contributed by atoms with E-state index >= 15 is 0 Å². The molecule has 1 aromatic carbocycles. The highest BCUT2D eigenvalue weighted by Crippen LogP contribution is 2.35. The molecule has 1 aliphatic heterocycles. The largest absolute Gasteiger partial charge is 0.494 e. The van der Waals surface area contributed by atoms with E-state index in [0.29, 0.717) is 52.1 Å². The molecule has 0 bridgehead atoms. The van der Waals surface area contributed by atoms with E-state index in [1.807, 2.05) is 30.3 Å². The highest BCUT2D eigenvalue weighted by molar-refractivity contribution is 5.80.